The highest BCUT2D eigenvalue weighted by molar-refractivity contribution is 5.94. The summed E-state index contributed by atoms with van der Waals surface area (Å²) < 4.78 is 74.3. The van der Waals surface area contributed by atoms with Crippen LogP contribution in [0.4, 0.5) is 27.6 Å². The zero-order valence-corrected chi connectivity index (χ0v) is 15.9. The number of fused-ring (bicyclic) bond motifs is 1. The topological polar surface area (TPSA) is 74.3 Å². The number of aromatic amines is 1. The minimum atomic E-state index is -4.70. The Morgan fingerprint density at radius 1 is 1.13 bits per heavy atom. The van der Waals surface area contributed by atoms with E-state index < -0.39 is 34.5 Å². The third-order valence-electron chi connectivity index (χ3n) is 5.47. The Kier molecular flexibility index (Phi) is 4.31. The number of alkyl halides is 3. The number of nitrogens with zero attached hydrogens (tertiary/aromatic N) is 2. The van der Waals surface area contributed by atoms with Crippen molar-refractivity contribution in [2.45, 2.75) is 19.0 Å². The average Bonchev–Trinajstić information content (AvgIpc) is 3.30. The summed E-state index contributed by atoms with van der Waals surface area (Å²) in [5, 5.41) is 5.50. The van der Waals surface area contributed by atoms with Crippen LogP contribution < -0.4 is 15.4 Å². The van der Waals surface area contributed by atoms with E-state index in [9.17, 15) is 22.0 Å². The van der Waals surface area contributed by atoms with E-state index in [1.165, 1.54) is 6.20 Å². The summed E-state index contributed by atoms with van der Waals surface area (Å²) in [6, 6.07) is 3.10. The molecule has 0 amide bonds. The van der Waals surface area contributed by atoms with Crippen molar-refractivity contribution in [1.29, 1.82) is 0 Å². The van der Waals surface area contributed by atoms with E-state index in [1.54, 1.807) is 0 Å². The summed E-state index contributed by atoms with van der Waals surface area (Å²) in [5.74, 6) is -2.94. The molecular weight excluding hydrogens is 421 g/mol. The SMILES string of the molecule is Fc1cc(NC2=NCC3(CC3)CN2)cc(F)c1Oc1ccnc2[nH]cc(C(F)(F)F)c12. The quantitative estimate of drug-likeness (QED) is 0.515. The van der Waals surface area contributed by atoms with Crippen LogP contribution in [0.1, 0.15) is 18.4 Å². The van der Waals surface area contributed by atoms with E-state index in [4.69, 9.17) is 4.74 Å². The van der Waals surface area contributed by atoms with Gasteiger partial charge in [0.2, 0.25) is 0 Å². The number of rotatable bonds is 3. The van der Waals surface area contributed by atoms with Gasteiger partial charge in [-0.05, 0) is 18.9 Å². The predicted octanol–water partition coefficient (Wildman–Crippen LogP) is 4.80. The van der Waals surface area contributed by atoms with Crippen molar-refractivity contribution in [3.05, 3.63) is 47.8 Å². The normalized spacial score (nSPS) is 17.4. The molecule has 1 spiro atoms. The van der Waals surface area contributed by atoms with E-state index in [1.807, 2.05) is 0 Å². The van der Waals surface area contributed by atoms with Gasteiger partial charge in [0.1, 0.15) is 11.4 Å². The maximum atomic E-state index is 14.6. The first-order valence-electron chi connectivity index (χ1n) is 9.50. The highest BCUT2D eigenvalue weighted by Crippen LogP contribution is 2.46. The van der Waals surface area contributed by atoms with Crippen LogP contribution in [0.5, 0.6) is 11.5 Å². The van der Waals surface area contributed by atoms with E-state index in [-0.39, 0.29) is 22.5 Å². The van der Waals surface area contributed by atoms with Crippen LogP contribution in [0.3, 0.4) is 0 Å². The maximum absolute atomic E-state index is 14.6. The number of ether oxygens (including phenoxy) is 1. The first kappa shape index (κ1) is 19.6. The molecule has 11 heteroatoms. The van der Waals surface area contributed by atoms with Gasteiger partial charge in [-0.3, -0.25) is 4.99 Å². The lowest BCUT2D eigenvalue weighted by Crippen LogP contribution is -2.41. The number of halogens is 5. The van der Waals surface area contributed by atoms with Crippen molar-refractivity contribution >= 4 is 22.7 Å². The molecule has 3 N–H and O–H groups in total. The largest absolute Gasteiger partial charge is 0.450 e. The smallest absolute Gasteiger partial charge is 0.418 e. The summed E-state index contributed by atoms with van der Waals surface area (Å²) in [7, 11) is 0. The van der Waals surface area contributed by atoms with Crippen LogP contribution in [-0.2, 0) is 6.18 Å². The number of guanidine groups is 1. The second kappa shape index (κ2) is 6.82. The van der Waals surface area contributed by atoms with E-state index in [0.717, 1.165) is 43.8 Å². The highest BCUT2D eigenvalue weighted by Gasteiger charge is 2.44. The summed E-state index contributed by atoms with van der Waals surface area (Å²) >= 11 is 0. The van der Waals surface area contributed by atoms with E-state index >= 15 is 0 Å². The van der Waals surface area contributed by atoms with E-state index in [0.29, 0.717) is 12.5 Å². The molecule has 162 valence electrons. The Hall–Kier alpha value is -3.37. The molecule has 0 atom stereocenters. The van der Waals surface area contributed by atoms with Crippen LogP contribution >= 0.6 is 0 Å². The monoisotopic (exact) mass is 437 g/mol. The molecule has 31 heavy (non-hydrogen) atoms. The summed E-state index contributed by atoms with van der Waals surface area (Å²) in [6.45, 7) is 1.38. The molecule has 1 aromatic carbocycles. The minimum Gasteiger partial charge on any atom is -0.450 e. The third kappa shape index (κ3) is 3.64. The summed E-state index contributed by atoms with van der Waals surface area (Å²) in [4.78, 5) is 10.5. The molecular formula is C20H16F5N5O. The van der Waals surface area contributed by atoms with Gasteiger partial charge in [0.05, 0.1) is 17.5 Å². The van der Waals surface area contributed by atoms with Crippen molar-refractivity contribution in [1.82, 2.24) is 15.3 Å². The number of benzene rings is 1. The number of pyridine rings is 1. The van der Waals surface area contributed by atoms with Crippen molar-refractivity contribution in [2.24, 2.45) is 10.4 Å². The molecule has 1 fully saturated rings. The van der Waals surface area contributed by atoms with Crippen molar-refractivity contribution in [3.63, 3.8) is 0 Å². The Morgan fingerprint density at radius 2 is 1.87 bits per heavy atom. The standard InChI is InChI=1S/C20H16F5N5O/c21-12-5-10(30-18-28-8-19(2-3-19)9-29-18)6-13(22)16(12)31-14-1-4-26-17-15(14)11(7-27-17)20(23,24)25/h1,4-7H,2-3,8-9H2,(H,26,27)(H2,28,29,30). The Morgan fingerprint density at radius 3 is 2.48 bits per heavy atom. The van der Waals surface area contributed by atoms with Gasteiger partial charge < -0.3 is 20.4 Å². The Bertz CT molecular complexity index is 1180. The lowest BCUT2D eigenvalue weighted by Gasteiger charge is -2.23. The zero-order chi connectivity index (χ0) is 21.8. The van der Waals surface area contributed by atoms with Crippen molar-refractivity contribution in [3.8, 4) is 11.5 Å². The molecule has 1 aliphatic carbocycles. The van der Waals surface area contributed by atoms with Crippen LogP contribution in [0.2, 0.25) is 0 Å². The lowest BCUT2D eigenvalue weighted by atomic mass is 10.1. The van der Waals surface area contributed by atoms with Crippen LogP contribution in [0.25, 0.3) is 11.0 Å². The fraction of sp³-hybridized carbons (Fsp3) is 0.300. The van der Waals surface area contributed by atoms with Gasteiger partial charge in [0.15, 0.2) is 23.3 Å². The molecule has 3 aromatic rings. The number of H-pyrrole nitrogens is 1. The molecule has 1 saturated carbocycles. The molecule has 0 unspecified atom stereocenters. The van der Waals surface area contributed by atoms with Gasteiger partial charge in [-0.25, -0.2) is 13.8 Å². The number of hydrogen-bond donors (Lipinski definition) is 3. The van der Waals surface area contributed by atoms with Gasteiger partial charge in [-0.15, -0.1) is 0 Å². The van der Waals surface area contributed by atoms with Gasteiger partial charge in [-0.1, -0.05) is 0 Å². The molecule has 0 bridgehead atoms. The number of hydrogen-bond acceptors (Lipinski definition) is 5. The molecule has 2 aliphatic rings. The minimum absolute atomic E-state index is 0.0952. The summed E-state index contributed by atoms with van der Waals surface area (Å²) in [5.41, 5.74) is -0.848. The van der Waals surface area contributed by atoms with Crippen LogP contribution in [0.15, 0.2) is 35.6 Å². The predicted molar refractivity (Wildman–Crippen MR) is 103 cm³/mol. The Balaban J connectivity index is 1.43. The van der Waals surface area contributed by atoms with Crippen molar-refractivity contribution < 1.29 is 26.7 Å². The first-order chi connectivity index (χ1) is 14.7. The average molecular weight is 437 g/mol. The van der Waals surface area contributed by atoms with E-state index in [2.05, 4.69) is 25.6 Å². The van der Waals surface area contributed by atoms with Gasteiger partial charge in [-0.2, -0.15) is 13.2 Å². The molecule has 0 saturated heterocycles. The molecule has 1 aliphatic heterocycles. The van der Waals surface area contributed by atoms with Gasteiger partial charge in [0, 0.05) is 42.2 Å². The molecule has 2 aromatic heterocycles. The first-order valence-corrected chi connectivity index (χ1v) is 9.50. The number of nitrogens with one attached hydrogen (secondary N) is 3. The fourth-order valence-electron chi connectivity index (χ4n) is 3.54. The Labute approximate surface area is 172 Å². The number of aliphatic imine (C=N–C) groups is 1. The third-order valence-corrected chi connectivity index (χ3v) is 5.47. The second-order valence-electron chi connectivity index (χ2n) is 7.75. The second-order valence-corrected chi connectivity index (χ2v) is 7.75. The number of anilines is 1. The molecule has 6 nitrogen and oxygen atoms in total. The van der Waals surface area contributed by atoms with Crippen LogP contribution in [-0.4, -0.2) is 29.0 Å². The van der Waals surface area contributed by atoms with Gasteiger partial charge >= 0.3 is 6.18 Å². The zero-order valence-electron chi connectivity index (χ0n) is 15.9. The molecule has 3 heterocycles. The number of aromatic nitrogens is 2. The van der Waals surface area contributed by atoms with Crippen LogP contribution in [0, 0.1) is 17.0 Å². The molecule has 0 radical (unpaired) electrons. The highest BCUT2D eigenvalue weighted by atomic mass is 19.4. The molecule has 5 rings (SSSR count). The lowest BCUT2D eigenvalue weighted by molar-refractivity contribution is -0.136. The van der Waals surface area contributed by atoms with Crippen molar-refractivity contribution in [2.75, 3.05) is 18.4 Å². The summed E-state index contributed by atoms with van der Waals surface area (Å²) in [6.07, 6.45) is -0.582. The fourth-order valence-corrected chi connectivity index (χ4v) is 3.54. The van der Waals surface area contributed by atoms with Gasteiger partial charge in [0.25, 0.3) is 0 Å². The maximum Gasteiger partial charge on any atom is 0.418 e.